The molecule has 6 nitrogen and oxygen atoms in total. The number of methoxy groups -OCH3 is 1. The van der Waals surface area contributed by atoms with Crippen molar-refractivity contribution in [3.05, 3.63) is 46.7 Å². The molecule has 0 fully saturated rings. The van der Waals surface area contributed by atoms with Crippen LogP contribution in [0, 0.1) is 0 Å². The van der Waals surface area contributed by atoms with E-state index < -0.39 is 5.97 Å². The molecule has 0 spiro atoms. The zero-order valence-electron chi connectivity index (χ0n) is 12.2. The van der Waals surface area contributed by atoms with Crippen LogP contribution in [0.15, 0.2) is 30.5 Å². The molecule has 2 aromatic rings. The minimum absolute atomic E-state index is 0.116. The van der Waals surface area contributed by atoms with E-state index in [2.05, 4.69) is 20.4 Å². The van der Waals surface area contributed by atoms with Crippen LogP contribution < -0.4 is 10.6 Å². The van der Waals surface area contributed by atoms with Crippen molar-refractivity contribution in [1.29, 1.82) is 0 Å². The number of nitrogens with zero attached hydrogens (tertiary/aromatic N) is 1. The van der Waals surface area contributed by atoms with Crippen LogP contribution in [0.2, 0.25) is 5.02 Å². The fourth-order valence-electron chi connectivity index (χ4n) is 1.94. The number of pyridine rings is 1. The zero-order chi connectivity index (χ0) is 16.1. The third kappa shape index (κ3) is 3.47. The molecule has 0 bridgehead atoms. The lowest BCUT2D eigenvalue weighted by molar-refractivity contribution is 0.0590. The molecule has 7 heteroatoms. The Bertz CT molecular complexity index is 674. The third-order valence-electron chi connectivity index (χ3n) is 3.01. The predicted octanol–water partition coefficient (Wildman–Crippen LogP) is 2.69. The molecule has 0 aliphatic carbocycles. The number of hydrogen-bond donors (Lipinski definition) is 3. The number of hydrogen-bond acceptors (Lipinski definition) is 6. The lowest BCUT2D eigenvalue weighted by atomic mass is 10.1. The van der Waals surface area contributed by atoms with Crippen LogP contribution in [0.4, 0.5) is 11.4 Å². The molecule has 3 N–H and O–H groups in total. The molecule has 0 atom stereocenters. The van der Waals surface area contributed by atoms with Gasteiger partial charge < -0.3 is 20.5 Å². The highest BCUT2D eigenvalue weighted by Gasteiger charge is 2.19. The number of ether oxygens (including phenoxy) is 1. The van der Waals surface area contributed by atoms with Crippen LogP contribution in [0.1, 0.15) is 16.1 Å². The van der Waals surface area contributed by atoms with Crippen LogP contribution in [0.5, 0.6) is 5.75 Å². The van der Waals surface area contributed by atoms with Crippen LogP contribution in [-0.4, -0.2) is 30.2 Å². The van der Waals surface area contributed by atoms with Gasteiger partial charge in [0.15, 0.2) is 11.4 Å². The molecule has 22 heavy (non-hydrogen) atoms. The molecule has 2 rings (SSSR count). The number of benzene rings is 1. The van der Waals surface area contributed by atoms with Crippen LogP contribution >= 0.6 is 11.6 Å². The molecule has 0 aliphatic rings. The molecule has 116 valence electrons. The number of carbonyl (C=O) groups excluding carboxylic acids is 1. The maximum absolute atomic E-state index is 11.6. The third-order valence-corrected chi connectivity index (χ3v) is 3.27. The van der Waals surface area contributed by atoms with E-state index in [1.165, 1.54) is 13.3 Å². The molecule has 0 saturated heterocycles. The molecule has 1 aromatic carbocycles. The molecule has 0 saturated carbocycles. The number of carbonyl (C=O) groups is 1. The van der Waals surface area contributed by atoms with Crippen molar-refractivity contribution in [2.24, 2.45) is 0 Å². The first-order valence-corrected chi connectivity index (χ1v) is 6.91. The summed E-state index contributed by atoms with van der Waals surface area (Å²) in [7, 11) is 2.98. The van der Waals surface area contributed by atoms with Gasteiger partial charge in [0.05, 0.1) is 19.0 Å². The van der Waals surface area contributed by atoms with Gasteiger partial charge in [-0.15, -0.1) is 0 Å². The van der Waals surface area contributed by atoms with Gasteiger partial charge in [0.25, 0.3) is 0 Å². The van der Waals surface area contributed by atoms with Crippen LogP contribution in [0.3, 0.4) is 0 Å². The Kier molecular flexibility index (Phi) is 5.19. The fraction of sp³-hybridized carbons (Fsp3) is 0.200. The minimum Gasteiger partial charge on any atom is -0.505 e. The Morgan fingerprint density at radius 2 is 2.05 bits per heavy atom. The van der Waals surface area contributed by atoms with Gasteiger partial charge in [-0.05, 0) is 31.3 Å². The number of aromatic nitrogens is 1. The lowest BCUT2D eigenvalue weighted by Gasteiger charge is -2.15. The van der Waals surface area contributed by atoms with E-state index in [0.29, 0.717) is 22.8 Å². The summed E-state index contributed by atoms with van der Waals surface area (Å²) in [5, 5.41) is 17.0. The summed E-state index contributed by atoms with van der Waals surface area (Å²) in [4.78, 5) is 15.6. The van der Waals surface area contributed by atoms with E-state index >= 15 is 0 Å². The smallest absolute Gasteiger partial charge is 0.360 e. The average Bonchev–Trinajstić information content (AvgIpc) is 2.52. The van der Waals surface area contributed by atoms with E-state index in [0.717, 1.165) is 5.69 Å². The number of halogens is 1. The Morgan fingerprint density at radius 1 is 1.36 bits per heavy atom. The predicted molar refractivity (Wildman–Crippen MR) is 84.7 cm³/mol. The highest BCUT2D eigenvalue weighted by atomic mass is 35.5. The quantitative estimate of drug-likeness (QED) is 0.734. The topological polar surface area (TPSA) is 83.5 Å². The van der Waals surface area contributed by atoms with Gasteiger partial charge in [-0.3, -0.25) is 0 Å². The van der Waals surface area contributed by atoms with Crippen molar-refractivity contribution in [2.75, 3.05) is 19.5 Å². The second-order valence-corrected chi connectivity index (χ2v) is 4.94. The number of anilines is 2. The summed E-state index contributed by atoms with van der Waals surface area (Å²) in [5.41, 5.74) is 1.78. The highest BCUT2D eigenvalue weighted by molar-refractivity contribution is 6.30. The first-order valence-electron chi connectivity index (χ1n) is 6.53. The molecule has 1 aromatic heterocycles. The average molecular weight is 322 g/mol. The Balaban J connectivity index is 2.40. The van der Waals surface area contributed by atoms with E-state index in [4.69, 9.17) is 11.6 Å². The van der Waals surface area contributed by atoms with Gasteiger partial charge >= 0.3 is 5.97 Å². The maximum Gasteiger partial charge on any atom is 0.360 e. The summed E-state index contributed by atoms with van der Waals surface area (Å²) < 4.78 is 4.60. The van der Waals surface area contributed by atoms with Crippen molar-refractivity contribution in [2.45, 2.75) is 6.54 Å². The molecule has 1 heterocycles. The Hall–Kier alpha value is -2.31. The largest absolute Gasteiger partial charge is 0.505 e. The van der Waals surface area contributed by atoms with E-state index in [9.17, 15) is 9.90 Å². The summed E-state index contributed by atoms with van der Waals surface area (Å²) >= 11 is 5.85. The van der Waals surface area contributed by atoms with Gasteiger partial charge in [0.2, 0.25) is 0 Å². The molecular weight excluding hydrogens is 306 g/mol. The standard InChI is InChI=1S/C15H16ClN3O3/c1-17-7-11-12(19-10-5-3-9(16)4-6-10)8-18-13(14(11)20)15(21)22-2/h3-6,8,17,19-20H,7H2,1-2H3. The van der Waals surface area contributed by atoms with Gasteiger partial charge in [0, 0.05) is 22.8 Å². The van der Waals surface area contributed by atoms with Crippen molar-refractivity contribution in [3.8, 4) is 5.75 Å². The molecule has 0 radical (unpaired) electrons. The van der Waals surface area contributed by atoms with E-state index in [-0.39, 0.29) is 11.4 Å². The first-order chi connectivity index (χ1) is 10.6. The minimum atomic E-state index is -0.687. The van der Waals surface area contributed by atoms with Crippen molar-refractivity contribution in [1.82, 2.24) is 10.3 Å². The van der Waals surface area contributed by atoms with Crippen molar-refractivity contribution >= 4 is 28.9 Å². The Labute approximate surface area is 133 Å². The van der Waals surface area contributed by atoms with Gasteiger partial charge in [-0.2, -0.15) is 0 Å². The van der Waals surface area contributed by atoms with E-state index in [1.54, 1.807) is 31.3 Å². The zero-order valence-corrected chi connectivity index (χ0v) is 12.9. The molecule has 0 unspecified atom stereocenters. The monoisotopic (exact) mass is 321 g/mol. The van der Waals surface area contributed by atoms with Crippen LogP contribution in [-0.2, 0) is 11.3 Å². The summed E-state index contributed by atoms with van der Waals surface area (Å²) in [6.45, 7) is 0.355. The van der Waals surface area contributed by atoms with Crippen molar-refractivity contribution < 1.29 is 14.6 Å². The number of aromatic hydroxyl groups is 1. The van der Waals surface area contributed by atoms with Gasteiger partial charge in [0.1, 0.15) is 0 Å². The molecular formula is C15H16ClN3O3. The summed E-state index contributed by atoms with van der Waals surface area (Å²) in [5.74, 6) is -0.895. The van der Waals surface area contributed by atoms with Crippen molar-refractivity contribution in [3.63, 3.8) is 0 Å². The SMILES string of the molecule is CNCc1c(Nc2ccc(Cl)cc2)cnc(C(=O)OC)c1O. The maximum atomic E-state index is 11.6. The number of esters is 1. The summed E-state index contributed by atoms with van der Waals surface area (Å²) in [6.07, 6.45) is 1.48. The fourth-order valence-corrected chi connectivity index (χ4v) is 2.06. The normalized spacial score (nSPS) is 10.3. The van der Waals surface area contributed by atoms with Crippen LogP contribution in [0.25, 0.3) is 0 Å². The van der Waals surface area contributed by atoms with Gasteiger partial charge in [-0.25, -0.2) is 9.78 Å². The Morgan fingerprint density at radius 3 is 2.64 bits per heavy atom. The lowest BCUT2D eigenvalue weighted by Crippen LogP contribution is -2.12. The highest BCUT2D eigenvalue weighted by Crippen LogP contribution is 2.30. The number of rotatable bonds is 5. The second-order valence-electron chi connectivity index (χ2n) is 4.50. The summed E-state index contributed by atoms with van der Waals surface area (Å²) in [6, 6.07) is 7.10. The first kappa shape index (κ1) is 16.1. The number of nitrogens with one attached hydrogen (secondary N) is 2. The second kappa shape index (κ2) is 7.11. The van der Waals surface area contributed by atoms with E-state index in [1.807, 2.05) is 0 Å². The molecule has 0 amide bonds. The van der Waals surface area contributed by atoms with Gasteiger partial charge in [-0.1, -0.05) is 11.6 Å². The molecule has 0 aliphatic heterocycles.